The second-order valence-corrected chi connectivity index (χ2v) is 7.64. The van der Waals surface area contributed by atoms with Crippen LogP contribution >= 0.6 is 11.8 Å². The van der Waals surface area contributed by atoms with Crippen molar-refractivity contribution in [2.24, 2.45) is 0 Å². The van der Waals surface area contributed by atoms with E-state index in [1.807, 2.05) is 6.08 Å². The Bertz CT molecular complexity index is 798. The first-order valence-electron chi connectivity index (χ1n) is 8.36. The molecule has 4 rings (SSSR count). The summed E-state index contributed by atoms with van der Waals surface area (Å²) in [7, 11) is 0. The molecule has 0 spiro atoms. The maximum absolute atomic E-state index is 12.3. The van der Waals surface area contributed by atoms with Crippen molar-refractivity contribution >= 4 is 23.7 Å². The molecule has 24 heavy (non-hydrogen) atoms. The van der Waals surface area contributed by atoms with Crippen molar-refractivity contribution in [1.29, 1.82) is 0 Å². The number of fused-ring (bicyclic) bond motifs is 1. The van der Waals surface area contributed by atoms with Crippen molar-refractivity contribution in [1.82, 2.24) is 5.32 Å². The highest BCUT2D eigenvalue weighted by Crippen LogP contribution is 2.27. The summed E-state index contributed by atoms with van der Waals surface area (Å²) >= 11 is 1.66. The lowest BCUT2D eigenvalue weighted by Crippen LogP contribution is -3.16. The molecule has 0 aliphatic carbocycles. The summed E-state index contributed by atoms with van der Waals surface area (Å²) in [4.78, 5) is 14.6. The highest BCUT2D eigenvalue weighted by molar-refractivity contribution is 8.05. The molecule has 4 heteroatoms. The summed E-state index contributed by atoms with van der Waals surface area (Å²) < 4.78 is 0. The normalized spacial score (nSPS) is 24.7. The van der Waals surface area contributed by atoms with Gasteiger partial charge in [-0.1, -0.05) is 54.1 Å². The lowest BCUT2D eigenvalue weighted by molar-refractivity contribution is -0.927. The van der Waals surface area contributed by atoms with Crippen molar-refractivity contribution < 1.29 is 9.69 Å². The first kappa shape index (κ1) is 15.5. The van der Waals surface area contributed by atoms with E-state index in [1.54, 1.807) is 11.8 Å². The number of benzene rings is 2. The highest BCUT2D eigenvalue weighted by atomic mass is 32.2. The minimum Gasteiger partial charge on any atom is -0.302 e. The molecule has 2 aliphatic rings. The number of thioether (sulfide) groups is 1. The molecule has 1 amide bonds. The summed E-state index contributed by atoms with van der Waals surface area (Å²) in [6.07, 6.45) is 3.08. The minimum atomic E-state index is 0.0527. The number of carbonyl (C=O) groups is 1. The number of carbonyl (C=O) groups excluding carboxylic acids is 1. The smallest absolute Gasteiger partial charge is 0.263 e. The Morgan fingerprint density at radius 3 is 2.67 bits per heavy atom. The molecule has 2 aromatic rings. The molecule has 2 atom stereocenters. The van der Waals surface area contributed by atoms with Gasteiger partial charge in [-0.3, -0.25) is 10.1 Å². The van der Waals surface area contributed by atoms with Gasteiger partial charge < -0.3 is 4.90 Å². The van der Waals surface area contributed by atoms with Crippen LogP contribution < -0.4 is 10.2 Å². The summed E-state index contributed by atoms with van der Waals surface area (Å²) in [5, 5.41) is 3.15. The summed E-state index contributed by atoms with van der Waals surface area (Å²) in [5.74, 6) is 0.0527. The van der Waals surface area contributed by atoms with Crippen LogP contribution in [0.15, 0.2) is 53.4 Å². The Labute approximate surface area is 146 Å². The molecule has 1 unspecified atom stereocenters. The van der Waals surface area contributed by atoms with E-state index in [2.05, 4.69) is 60.8 Å². The molecule has 0 saturated carbocycles. The Balaban J connectivity index is 1.49. The van der Waals surface area contributed by atoms with Gasteiger partial charge >= 0.3 is 0 Å². The van der Waals surface area contributed by atoms with Crippen LogP contribution in [-0.2, 0) is 17.8 Å². The van der Waals surface area contributed by atoms with E-state index >= 15 is 0 Å². The second-order valence-electron chi connectivity index (χ2n) is 6.49. The zero-order valence-electron chi connectivity index (χ0n) is 13.7. The third-order valence-electron chi connectivity index (χ3n) is 4.73. The molecule has 1 saturated heterocycles. The standard InChI is InChI=1S/C20H20N2OS/c1-14-6-8-15(9-7-14)12-18-19(23)21-20(24-18)22-11-10-16-4-2-3-5-17(16)13-22/h2-9,12,20H,10-11,13H2,1H3,(H,21,23)/p+1/b18-12-/t20-/m0/s1. The molecule has 2 heterocycles. The predicted molar refractivity (Wildman–Crippen MR) is 98.4 cm³/mol. The molecule has 2 N–H and O–H groups in total. The fourth-order valence-corrected chi connectivity index (χ4v) is 4.48. The largest absolute Gasteiger partial charge is 0.302 e. The lowest BCUT2D eigenvalue weighted by Gasteiger charge is -2.29. The summed E-state index contributed by atoms with van der Waals surface area (Å²) in [6, 6.07) is 16.9. The van der Waals surface area contributed by atoms with Crippen molar-refractivity contribution in [3.63, 3.8) is 0 Å². The first-order chi connectivity index (χ1) is 11.7. The van der Waals surface area contributed by atoms with Gasteiger partial charge in [0.2, 0.25) is 5.50 Å². The molecule has 1 fully saturated rings. The number of amides is 1. The molecule has 0 aromatic heterocycles. The fraction of sp³-hybridized carbons (Fsp3) is 0.250. The minimum absolute atomic E-state index is 0.0527. The van der Waals surface area contributed by atoms with Gasteiger partial charge in [-0.15, -0.1) is 0 Å². The van der Waals surface area contributed by atoms with Crippen LogP contribution in [0.3, 0.4) is 0 Å². The molecule has 122 valence electrons. The van der Waals surface area contributed by atoms with Gasteiger partial charge in [0.05, 0.1) is 11.4 Å². The first-order valence-corrected chi connectivity index (χ1v) is 9.24. The number of hydrogen-bond acceptors (Lipinski definition) is 2. The molecule has 3 nitrogen and oxygen atoms in total. The van der Waals surface area contributed by atoms with Crippen LogP contribution in [0.5, 0.6) is 0 Å². The number of aryl methyl sites for hydroxylation is 1. The summed E-state index contributed by atoms with van der Waals surface area (Å²) in [5.41, 5.74) is 5.28. The quantitative estimate of drug-likeness (QED) is 0.823. The average molecular weight is 337 g/mol. The Morgan fingerprint density at radius 1 is 1.12 bits per heavy atom. The second kappa shape index (κ2) is 6.46. The topological polar surface area (TPSA) is 33.5 Å². The van der Waals surface area contributed by atoms with Crippen LogP contribution in [0.4, 0.5) is 0 Å². The molecular weight excluding hydrogens is 316 g/mol. The van der Waals surface area contributed by atoms with E-state index in [0.717, 1.165) is 30.0 Å². The van der Waals surface area contributed by atoms with Crippen molar-refractivity contribution in [2.45, 2.75) is 25.4 Å². The summed E-state index contributed by atoms with van der Waals surface area (Å²) in [6.45, 7) is 4.11. The van der Waals surface area contributed by atoms with Gasteiger partial charge in [0, 0.05) is 12.0 Å². The maximum Gasteiger partial charge on any atom is 0.263 e. The maximum atomic E-state index is 12.3. The third-order valence-corrected chi connectivity index (χ3v) is 5.97. The average Bonchev–Trinajstić information content (AvgIpc) is 2.97. The van der Waals surface area contributed by atoms with Crippen LogP contribution in [0.2, 0.25) is 0 Å². The van der Waals surface area contributed by atoms with Gasteiger partial charge in [-0.25, -0.2) is 0 Å². The molecule has 2 aliphatic heterocycles. The van der Waals surface area contributed by atoms with Crippen molar-refractivity contribution in [3.8, 4) is 0 Å². The van der Waals surface area contributed by atoms with Gasteiger partial charge in [0.25, 0.3) is 5.91 Å². The third kappa shape index (κ3) is 3.12. The number of quaternary nitrogens is 1. The van der Waals surface area contributed by atoms with E-state index < -0.39 is 0 Å². The molecular formula is C20H21N2OS+. The van der Waals surface area contributed by atoms with E-state index in [4.69, 9.17) is 0 Å². The zero-order valence-corrected chi connectivity index (χ0v) is 14.5. The van der Waals surface area contributed by atoms with E-state index in [1.165, 1.54) is 21.6 Å². The fourth-order valence-electron chi connectivity index (χ4n) is 3.33. The van der Waals surface area contributed by atoms with E-state index in [-0.39, 0.29) is 11.4 Å². The SMILES string of the molecule is Cc1ccc(/C=C2\S[C@H]([NH+]3CCc4ccccc4C3)NC2=O)cc1. The Morgan fingerprint density at radius 2 is 1.88 bits per heavy atom. The lowest BCUT2D eigenvalue weighted by atomic mass is 10.0. The van der Waals surface area contributed by atoms with Crippen LogP contribution in [0, 0.1) is 6.92 Å². The molecule has 0 bridgehead atoms. The van der Waals surface area contributed by atoms with E-state index in [0.29, 0.717) is 0 Å². The van der Waals surface area contributed by atoms with Gasteiger partial charge in [-0.2, -0.15) is 0 Å². The monoisotopic (exact) mass is 337 g/mol. The zero-order chi connectivity index (χ0) is 16.5. The van der Waals surface area contributed by atoms with Crippen LogP contribution in [0.1, 0.15) is 22.3 Å². The van der Waals surface area contributed by atoms with Crippen LogP contribution in [-0.4, -0.2) is 17.9 Å². The Kier molecular flexibility index (Phi) is 4.17. The van der Waals surface area contributed by atoms with Crippen LogP contribution in [0.25, 0.3) is 6.08 Å². The predicted octanol–water partition coefficient (Wildman–Crippen LogP) is 2.12. The van der Waals surface area contributed by atoms with Gasteiger partial charge in [0.1, 0.15) is 6.54 Å². The number of rotatable bonds is 2. The van der Waals surface area contributed by atoms with Gasteiger partial charge in [0.15, 0.2) is 0 Å². The van der Waals surface area contributed by atoms with Gasteiger partial charge in [-0.05, 0) is 35.9 Å². The van der Waals surface area contributed by atoms with Crippen molar-refractivity contribution in [2.75, 3.05) is 6.54 Å². The molecule has 2 aromatic carbocycles. The number of nitrogens with one attached hydrogen (secondary N) is 2. The number of hydrogen-bond donors (Lipinski definition) is 2. The highest BCUT2D eigenvalue weighted by Gasteiger charge is 2.36. The van der Waals surface area contributed by atoms with E-state index in [9.17, 15) is 4.79 Å². The Hall–Kier alpha value is -2.04. The van der Waals surface area contributed by atoms with Crippen molar-refractivity contribution in [3.05, 3.63) is 75.7 Å². The molecule has 0 radical (unpaired) electrons.